The lowest BCUT2D eigenvalue weighted by molar-refractivity contribution is 0.232. The molecule has 6 heteroatoms. The second-order valence-electron chi connectivity index (χ2n) is 1.11. The lowest BCUT2D eigenvalue weighted by atomic mass is 10.6. The molecule has 0 bridgehead atoms. The Morgan fingerprint density at radius 3 is 2.33 bits per heavy atom. The highest BCUT2D eigenvalue weighted by atomic mass is 32.3. The molecular weight excluding hydrogens is 146 g/mol. The van der Waals surface area contributed by atoms with Gasteiger partial charge in [-0.1, -0.05) is 5.92 Å². The van der Waals surface area contributed by atoms with Crippen LogP contribution in [-0.2, 0) is 14.6 Å². The van der Waals surface area contributed by atoms with Crippen LogP contribution in [0, 0.1) is 12.3 Å². The maximum absolute atomic E-state index is 9.76. The van der Waals surface area contributed by atoms with E-state index in [1.165, 1.54) is 0 Å². The Morgan fingerprint density at radius 1 is 1.78 bits per heavy atom. The molecule has 0 rings (SSSR count). The van der Waals surface area contributed by atoms with Crippen molar-refractivity contribution in [2.75, 3.05) is 0 Å². The lowest BCUT2D eigenvalue weighted by Gasteiger charge is -1.99. The first-order valence-electron chi connectivity index (χ1n) is 1.83. The van der Waals surface area contributed by atoms with Gasteiger partial charge in [0.2, 0.25) is 0 Å². The van der Waals surface area contributed by atoms with Gasteiger partial charge in [-0.2, -0.15) is 8.42 Å². The van der Waals surface area contributed by atoms with Gasteiger partial charge in [0.25, 0.3) is 0 Å². The molecule has 0 saturated heterocycles. The van der Waals surface area contributed by atoms with Crippen LogP contribution in [0.15, 0.2) is 0 Å². The Labute approximate surface area is 52.8 Å². The van der Waals surface area contributed by atoms with Crippen LogP contribution in [0.2, 0.25) is 0 Å². The van der Waals surface area contributed by atoms with Crippen LogP contribution in [0.5, 0.6) is 0 Å². The molecule has 3 N–H and O–H groups in total. The minimum atomic E-state index is -4.50. The van der Waals surface area contributed by atoms with E-state index in [1.54, 1.807) is 5.92 Å². The maximum atomic E-state index is 9.76. The Bertz CT molecular complexity index is 212. The van der Waals surface area contributed by atoms with Crippen LogP contribution >= 0.6 is 0 Å². The molecule has 0 aliphatic carbocycles. The van der Waals surface area contributed by atoms with Crippen molar-refractivity contribution < 1.29 is 17.2 Å². The summed E-state index contributed by atoms with van der Waals surface area (Å²) in [5, 5.41) is 0. The summed E-state index contributed by atoms with van der Waals surface area (Å²) in [5.41, 5.74) is 4.76. The zero-order valence-corrected chi connectivity index (χ0v) is 5.13. The molecule has 9 heavy (non-hydrogen) atoms. The first-order valence-corrected chi connectivity index (χ1v) is 3.19. The number of hydrogen-bond acceptors (Lipinski definition) is 4. The zero-order valence-electron chi connectivity index (χ0n) is 4.31. The summed E-state index contributed by atoms with van der Waals surface area (Å²) in [6.07, 6.45) is 3.19. The Balaban J connectivity index is 3.94. The monoisotopic (exact) mass is 151 g/mol. The molecule has 1 atom stereocenters. The smallest absolute Gasteiger partial charge is 0.295 e. The van der Waals surface area contributed by atoms with E-state index in [0.29, 0.717) is 0 Å². The summed E-state index contributed by atoms with van der Waals surface area (Å²) in [7, 11) is -4.50. The van der Waals surface area contributed by atoms with E-state index in [0.717, 1.165) is 0 Å². The molecule has 0 aliphatic heterocycles. The van der Waals surface area contributed by atoms with Crippen molar-refractivity contribution in [1.82, 2.24) is 0 Å². The summed E-state index contributed by atoms with van der Waals surface area (Å²) in [4.78, 5) is 0. The molecule has 0 aliphatic rings. The fourth-order valence-electron chi connectivity index (χ4n) is 0.159. The Hall–Kier alpha value is -0.610. The minimum absolute atomic E-state index is 1.42. The average molecular weight is 151 g/mol. The van der Waals surface area contributed by atoms with Crippen molar-refractivity contribution in [1.29, 1.82) is 0 Å². The molecule has 0 amide bonds. The summed E-state index contributed by atoms with van der Waals surface area (Å²) in [6.45, 7) is 0. The van der Waals surface area contributed by atoms with Crippen molar-refractivity contribution >= 4 is 10.4 Å². The van der Waals surface area contributed by atoms with E-state index >= 15 is 0 Å². The first kappa shape index (κ1) is 8.39. The van der Waals surface area contributed by atoms with Crippen LogP contribution in [0.4, 0.5) is 0 Å². The number of nitrogens with two attached hydrogens (primary N) is 1. The van der Waals surface area contributed by atoms with Gasteiger partial charge in [0.1, 0.15) is 0 Å². The normalized spacial score (nSPS) is 14.3. The fourth-order valence-corrected chi connectivity index (χ4v) is 0.476. The zero-order chi connectivity index (χ0) is 7.49. The highest BCUT2D eigenvalue weighted by Gasteiger charge is 2.08. The summed E-state index contributed by atoms with van der Waals surface area (Å²) >= 11 is 0. The topological polar surface area (TPSA) is 89.6 Å². The van der Waals surface area contributed by atoms with Gasteiger partial charge < -0.3 is 0 Å². The summed E-state index contributed by atoms with van der Waals surface area (Å²) in [5.74, 6) is 1.74. The average Bonchev–Trinajstić information content (AvgIpc) is 1.62. The van der Waals surface area contributed by atoms with Crippen LogP contribution in [0.25, 0.3) is 0 Å². The second kappa shape index (κ2) is 2.80. The molecule has 0 aromatic carbocycles. The van der Waals surface area contributed by atoms with Crippen molar-refractivity contribution in [3.63, 3.8) is 0 Å². The van der Waals surface area contributed by atoms with Gasteiger partial charge in [-0.25, -0.2) is 4.18 Å². The Morgan fingerprint density at radius 2 is 2.22 bits per heavy atom. The van der Waals surface area contributed by atoms with Crippen LogP contribution in [-0.4, -0.2) is 19.2 Å². The van der Waals surface area contributed by atoms with Crippen molar-refractivity contribution in [3.05, 3.63) is 0 Å². The van der Waals surface area contributed by atoms with Gasteiger partial charge in [-0.3, -0.25) is 10.3 Å². The summed E-state index contributed by atoms with van der Waals surface area (Å²) < 4.78 is 31.1. The molecule has 0 fully saturated rings. The summed E-state index contributed by atoms with van der Waals surface area (Å²) in [6, 6.07) is 0. The largest absolute Gasteiger partial charge is 0.399 e. The lowest BCUT2D eigenvalue weighted by Crippen LogP contribution is -2.24. The molecule has 1 unspecified atom stereocenters. The molecule has 0 saturated carbocycles. The van der Waals surface area contributed by atoms with Gasteiger partial charge >= 0.3 is 10.4 Å². The number of rotatable bonds is 2. The third kappa shape index (κ3) is 5.26. The number of terminal acetylenes is 1. The van der Waals surface area contributed by atoms with Crippen molar-refractivity contribution in [2.45, 2.75) is 6.23 Å². The van der Waals surface area contributed by atoms with Crippen LogP contribution in [0.3, 0.4) is 0 Å². The van der Waals surface area contributed by atoms with E-state index in [4.69, 9.17) is 10.3 Å². The molecular formula is C3H5NO4S. The molecule has 52 valence electrons. The predicted molar refractivity (Wildman–Crippen MR) is 29.4 cm³/mol. The molecule has 0 radical (unpaired) electrons. The van der Waals surface area contributed by atoms with Gasteiger partial charge in [0, 0.05) is 0 Å². The van der Waals surface area contributed by atoms with Gasteiger partial charge in [-0.05, 0) is 0 Å². The third-order valence-electron chi connectivity index (χ3n) is 0.390. The van der Waals surface area contributed by atoms with E-state index in [2.05, 4.69) is 10.6 Å². The Kier molecular flexibility index (Phi) is 2.61. The van der Waals surface area contributed by atoms with Crippen LogP contribution < -0.4 is 5.73 Å². The van der Waals surface area contributed by atoms with Gasteiger partial charge in [0.15, 0.2) is 6.23 Å². The number of hydrogen-bond donors (Lipinski definition) is 2. The quantitative estimate of drug-likeness (QED) is 0.291. The van der Waals surface area contributed by atoms with Crippen molar-refractivity contribution in [2.24, 2.45) is 5.73 Å². The van der Waals surface area contributed by atoms with E-state index in [9.17, 15) is 8.42 Å². The van der Waals surface area contributed by atoms with E-state index in [-0.39, 0.29) is 0 Å². The predicted octanol–water partition coefficient (Wildman–Crippen LogP) is -1.28. The maximum Gasteiger partial charge on any atom is 0.399 e. The van der Waals surface area contributed by atoms with E-state index < -0.39 is 16.6 Å². The second-order valence-corrected chi connectivity index (χ2v) is 2.16. The van der Waals surface area contributed by atoms with Gasteiger partial charge in [0.05, 0.1) is 0 Å². The molecule has 5 nitrogen and oxygen atoms in total. The third-order valence-corrected chi connectivity index (χ3v) is 0.840. The molecule has 0 aromatic rings. The molecule has 0 aromatic heterocycles. The fraction of sp³-hybridized carbons (Fsp3) is 0.333. The highest BCUT2D eigenvalue weighted by molar-refractivity contribution is 7.80. The van der Waals surface area contributed by atoms with E-state index in [1.807, 2.05) is 0 Å². The SMILES string of the molecule is C#CC(N)OS(=O)(=O)O. The first-order chi connectivity index (χ1) is 3.95. The standard InChI is InChI=1S/C3H5NO4S/c1-2-3(4)8-9(5,6)7/h1,3H,4H2,(H,5,6,7). The highest BCUT2D eigenvalue weighted by Crippen LogP contribution is 1.87. The minimum Gasteiger partial charge on any atom is -0.295 e. The van der Waals surface area contributed by atoms with Crippen molar-refractivity contribution in [3.8, 4) is 12.3 Å². The van der Waals surface area contributed by atoms with Crippen LogP contribution in [0.1, 0.15) is 0 Å². The molecule has 0 heterocycles. The molecule has 0 spiro atoms. The van der Waals surface area contributed by atoms with Gasteiger partial charge in [-0.15, -0.1) is 6.42 Å².